The summed E-state index contributed by atoms with van der Waals surface area (Å²) in [4.78, 5) is 21.6. The Balaban J connectivity index is 3.62. The standard InChI is InChI=1S/C5H8ClNO3/c1-10-5(9)2-7(3-6)4-8/h4H,2-3H2,1H3. The van der Waals surface area contributed by atoms with Gasteiger partial charge in [0, 0.05) is 0 Å². The minimum atomic E-state index is -0.479. The Morgan fingerprint density at radius 3 is 2.70 bits per heavy atom. The third-order valence-corrected chi connectivity index (χ3v) is 1.17. The summed E-state index contributed by atoms with van der Waals surface area (Å²) in [6.07, 6.45) is 0.490. The fourth-order valence-corrected chi connectivity index (χ4v) is 0.479. The minimum Gasteiger partial charge on any atom is -0.468 e. The molecule has 0 rings (SSSR count). The van der Waals surface area contributed by atoms with Gasteiger partial charge in [0.15, 0.2) is 0 Å². The smallest absolute Gasteiger partial charge is 0.325 e. The topological polar surface area (TPSA) is 46.6 Å². The van der Waals surface area contributed by atoms with E-state index < -0.39 is 5.97 Å². The molecule has 10 heavy (non-hydrogen) atoms. The molecular weight excluding hydrogens is 158 g/mol. The highest BCUT2D eigenvalue weighted by atomic mass is 35.5. The van der Waals surface area contributed by atoms with Crippen molar-refractivity contribution < 1.29 is 14.3 Å². The number of esters is 1. The quantitative estimate of drug-likeness (QED) is 0.251. The highest BCUT2D eigenvalue weighted by molar-refractivity contribution is 6.18. The predicted molar refractivity (Wildman–Crippen MR) is 35.5 cm³/mol. The van der Waals surface area contributed by atoms with E-state index in [4.69, 9.17) is 11.6 Å². The molecule has 0 radical (unpaired) electrons. The summed E-state index contributed by atoms with van der Waals surface area (Å²) in [7, 11) is 1.25. The SMILES string of the molecule is COC(=O)CN(C=O)CCl. The maximum atomic E-state index is 10.5. The number of hydrogen-bond acceptors (Lipinski definition) is 3. The van der Waals surface area contributed by atoms with Crippen molar-refractivity contribution in [3.8, 4) is 0 Å². The van der Waals surface area contributed by atoms with Crippen LogP contribution in [0.15, 0.2) is 0 Å². The summed E-state index contributed by atoms with van der Waals surface area (Å²) in [5, 5.41) is 0. The Bertz CT molecular complexity index is 128. The molecule has 0 aliphatic heterocycles. The molecule has 0 unspecified atom stereocenters. The van der Waals surface area contributed by atoms with Crippen LogP contribution in [0.25, 0.3) is 0 Å². The number of alkyl halides is 1. The number of ether oxygens (including phenoxy) is 1. The lowest BCUT2D eigenvalue weighted by molar-refractivity contribution is -0.143. The van der Waals surface area contributed by atoms with Crippen LogP contribution in [0.3, 0.4) is 0 Å². The fraction of sp³-hybridized carbons (Fsp3) is 0.600. The van der Waals surface area contributed by atoms with Gasteiger partial charge in [-0.2, -0.15) is 0 Å². The second-order valence-electron chi connectivity index (χ2n) is 1.55. The van der Waals surface area contributed by atoms with Crippen molar-refractivity contribution in [3.63, 3.8) is 0 Å². The van der Waals surface area contributed by atoms with Crippen LogP contribution in [0, 0.1) is 0 Å². The van der Waals surface area contributed by atoms with Crippen molar-refractivity contribution in [2.45, 2.75) is 0 Å². The molecule has 0 aromatic carbocycles. The molecule has 0 fully saturated rings. The Kier molecular flexibility index (Phi) is 4.66. The molecular formula is C5H8ClNO3. The lowest BCUT2D eigenvalue weighted by Gasteiger charge is -2.10. The zero-order valence-electron chi connectivity index (χ0n) is 5.54. The predicted octanol–water partition coefficient (Wildman–Crippen LogP) is -0.186. The maximum absolute atomic E-state index is 10.5. The highest BCUT2D eigenvalue weighted by Crippen LogP contribution is 1.86. The number of nitrogens with zero attached hydrogens (tertiary/aromatic N) is 1. The van der Waals surface area contributed by atoms with Gasteiger partial charge in [-0.05, 0) is 0 Å². The highest BCUT2D eigenvalue weighted by Gasteiger charge is 2.05. The van der Waals surface area contributed by atoms with Gasteiger partial charge < -0.3 is 9.64 Å². The zero-order chi connectivity index (χ0) is 7.98. The van der Waals surface area contributed by atoms with Crippen LogP contribution in [0.2, 0.25) is 0 Å². The Labute approximate surface area is 63.7 Å². The molecule has 0 saturated carbocycles. The van der Waals surface area contributed by atoms with Gasteiger partial charge in [0.25, 0.3) is 0 Å². The number of methoxy groups -OCH3 is 1. The Hall–Kier alpha value is -0.770. The lowest BCUT2D eigenvalue weighted by atomic mass is 10.6. The van der Waals surface area contributed by atoms with Crippen molar-refractivity contribution in [1.29, 1.82) is 0 Å². The summed E-state index contributed by atoms with van der Waals surface area (Å²) >= 11 is 5.26. The Morgan fingerprint density at radius 1 is 1.80 bits per heavy atom. The van der Waals surface area contributed by atoms with Crippen molar-refractivity contribution in [2.75, 3.05) is 19.7 Å². The first kappa shape index (κ1) is 9.23. The van der Waals surface area contributed by atoms with Crippen LogP contribution in [-0.4, -0.2) is 36.9 Å². The second kappa shape index (κ2) is 5.05. The van der Waals surface area contributed by atoms with Crippen LogP contribution in [0.4, 0.5) is 0 Å². The zero-order valence-corrected chi connectivity index (χ0v) is 6.30. The lowest BCUT2D eigenvalue weighted by Crippen LogP contribution is -2.28. The van der Waals surface area contributed by atoms with E-state index in [-0.39, 0.29) is 12.5 Å². The summed E-state index contributed by atoms with van der Waals surface area (Å²) in [5.74, 6) is -0.479. The molecule has 0 aliphatic rings. The molecule has 0 N–H and O–H groups in total. The van der Waals surface area contributed by atoms with Crippen molar-refractivity contribution in [2.24, 2.45) is 0 Å². The maximum Gasteiger partial charge on any atom is 0.325 e. The van der Waals surface area contributed by atoms with E-state index in [1.807, 2.05) is 0 Å². The van der Waals surface area contributed by atoms with Crippen LogP contribution in [0.1, 0.15) is 0 Å². The molecule has 0 bridgehead atoms. The van der Waals surface area contributed by atoms with Gasteiger partial charge in [-0.3, -0.25) is 9.59 Å². The third kappa shape index (κ3) is 3.29. The van der Waals surface area contributed by atoms with E-state index in [0.29, 0.717) is 6.41 Å². The van der Waals surface area contributed by atoms with E-state index >= 15 is 0 Å². The average Bonchev–Trinajstić information content (AvgIpc) is 1.99. The monoisotopic (exact) mass is 165 g/mol. The fourth-order valence-electron chi connectivity index (χ4n) is 0.338. The summed E-state index contributed by atoms with van der Waals surface area (Å²) in [6, 6.07) is -0.00139. The van der Waals surface area contributed by atoms with Crippen LogP contribution < -0.4 is 0 Å². The number of halogens is 1. The first-order chi connectivity index (χ1) is 4.74. The van der Waals surface area contributed by atoms with Crippen molar-refractivity contribution in [1.82, 2.24) is 4.90 Å². The molecule has 0 spiro atoms. The molecule has 0 heterocycles. The average molecular weight is 166 g/mol. The number of amides is 1. The van der Waals surface area contributed by atoms with Crippen LogP contribution in [0.5, 0.6) is 0 Å². The van der Waals surface area contributed by atoms with Gasteiger partial charge in [0.2, 0.25) is 6.41 Å². The van der Waals surface area contributed by atoms with Gasteiger partial charge in [-0.25, -0.2) is 0 Å². The molecule has 4 nitrogen and oxygen atoms in total. The van der Waals surface area contributed by atoms with Gasteiger partial charge in [0.1, 0.15) is 6.54 Å². The van der Waals surface area contributed by atoms with E-state index in [0.717, 1.165) is 4.90 Å². The number of carbonyl (C=O) groups is 2. The molecule has 0 aliphatic carbocycles. The summed E-state index contributed by atoms with van der Waals surface area (Å²) < 4.78 is 4.29. The van der Waals surface area contributed by atoms with Crippen LogP contribution in [-0.2, 0) is 14.3 Å². The largest absolute Gasteiger partial charge is 0.468 e. The molecule has 1 amide bonds. The summed E-state index contributed by atoms with van der Waals surface area (Å²) in [5.41, 5.74) is 0. The first-order valence-electron chi connectivity index (χ1n) is 2.56. The molecule has 0 saturated heterocycles. The van der Waals surface area contributed by atoms with Crippen molar-refractivity contribution >= 4 is 24.0 Å². The van der Waals surface area contributed by atoms with Gasteiger partial charge in [-0.15, -0.1) is 11.6 Å². The second-order valence-corrected chi connectivity index (χ2v) is 1.79. The van der Waals surface area contributed by atoms with Crippen molar-refractivity contribution in [3.05, 3.63) is 0 Å². The van der Waals surface area contributed by atoms with Crippen LogP contribution >= 0.6 is 11.6 Å². The number of carbonyl (C=O) groups excluding carboxylic acids is 2. The Morgan fingerprint density at radius 2 is 2.40 bits per heavy atom. The molecule has 0 aromatic heterocycles. The minimum absolute atomic E-state index is 0.00139. The molecule has 5 heteroatoms. The van der Waals surface area contributed by atoms with E-state index in [1.165, 1.54) is 7.11 Å². The molecule has 58 valence electrons. The first-order valence-corrected chi connectivity index (χ1v) is 3.10. The van der Waals surface area contributed by atoms with Gasteiger partial charge >= 0.3 is 5.97 Å². The third-order valence-electron chi connectivity index (χ3n) is 0.862. The van der Waals surface area contributed by atoms with E-state index in [9.17, 15) is 9.59 Å². The summed E-state index contributed by atoms with van der Waals surface area (Å²) in [6.45, 7) is -0.0938. The molecule has 0 aromatic rings. The molecule has 0 atom stereocenters. The van der Waals surface area contributed by atoms with Gasteiger partial charge in [0.05, 0.1) is 13.1 Å². The van der Waals surface area contributed by atoms with E-state index in [1.54, 1.807) is 0 Å². The number of rotatable bonds is 4. The normalized spacial score (nSPS) is 8.60. The number of hydrogen-bond donors (Lipinski definition) is 0. The van der Waals surface area contributed by atoms with Gasteiger partial charge in [-0.1, -0.05) is 0 Å². The van der Waals surface area contributed by atoms with E-state index in [2.05, 4.69) is 4.74 Å².